The molecule has 2 aliphatic heterocycles. The number of aryl methyl sites for hydroxylation is 1. The minimum absolute atomic E-state index is 0.0947. The van der Waals surface area contributed by atoms with E-state index in [1.807, 2.05) is 6.20 Å². The minimum Gasteiger partial charge on any atom is -0.356 e. The number of nitrogens with one attached hydrogen (secondary N) is 1. The second-order valence-corrected chi connectivity index (χ2v) is 10.4. The molecule has 0 amide bonds. The molecule has 0 spiro atoms. The molecule has 4 nitrogen and oxygen atoms in total. The van der Waals surface area contributed by atoms with Crippen LogP contribution >= 0.6 is 0 Å². The molecule has 40 heavy (non-hydrogen) atoms. The fraction of sp³-hybridized carbons (Fsp3) is 0.0286. The van der Waals surface area contributed by atoms with Crippen LogP contribution in [0.4, 0.5) is 28.4 Å². The van der Waals surface area contributed by atoms with Gasteiger partial charge in [-0.15, -0.1) is 0 Å². The summed E-state index contributed by atoms with van der Waals surface area (Å²) in [7, 11) is 0. The van der Waals surface area contributed by atoms with E-state index in [1.54, 1.807) is 12.4 Å². The van der Waals surface area contributed by atoms with Crippen LogP contribution in [-0.4, -0.2) is 16.7 Å². The number of benzene rings is 5. The Labute approximate surface area is 234 Å². The maximum absolute atomic E-state index is 4.66. The average Bonchev–Trinajstić information content (AvgIpc) is 3.01. The Kier molecular flexibility index (Phi) is 5.10. The quantitative estimate of drug-likeness (QED) is 0.276. The predicted molar refractivity (Wildman–Crippen MR) is 167 cm³/mol. The van der Waals surface area contributed by atoms with Crippen molar-refractivity contribution in [1.82, 2.24) is 9.97 Å². The van der Waals surface area contributed by atoms with Crippen LogP contribution in [0.5, 0.6) is 0 Å². The number of aromatic nitrogens is 2. The Hall–Kier alpha value is -5.16. The van der Waals surface area contributed by atoms with Crippen LogP contribution < -0.4 is 26.6 Å². The fourth-order valence-corrected chi connectivity index (χ4v) is 6.41. The highest BCUT2D eigenvalue weighted by molar-refractivity contribution is 7.00. The molecule has 5 aromatic carbocycles. The Balaban J connectivity index is 1.45. The average molecular weight is 512 g/mol. The molecule has 8 rings (SSSR count). The van der Waals surface area contributed by atoms with E-state index in [0.717, 1.165) is 28.3 Å². The zero-order valence-corrected chi connectivity index (χ0v) is 22.0. The molecule has 0 atom stereocenters. The van der Waals surface area contributed by atoms with Gasteiger partial charge in [0.25, 0.3) is 6.71 Å². The number of para-hydroxylation sites is 3. The number of rotatable bonds is 3. The summed E-state index contributed by atoms with van der Waals surface area (Å²) in [5.74, 6) is 0. The van der Waals surface area contributed by atoms with Crippen molar-refractivity contribution in [3.8, 4) is 22.4 Å². The van der Waals surface area contributed by atoms with Crippen molar-refractivity contribution in [3.63, 3.8) is 0 Å². The highest BCUT2D eigenvalue weighted by atomic mass is 15.2. The molecule has 5 heteroatoms. The minimum atomic E-state index is 0.0947. The predicted octanol–water partition coefficient (Wildman–Crippen LogP) is 6.48. The smallest absolute Gasteiger partial charge is 0.252 e. The maximum atomic E-state index is 4.66. The number of fused-ring (bicyclic) bond motifs is 4. The number of nitrogens with zero attached hydrogens (tertiary/aromatic N) is 3. The first-order chi connectivity index (χ1) is 19.8. The third kappa shape index (κ3) is 3.41. The van der Waals surface area contributed by atoms with Gasteiger partial charge in [0.15, 0.2) is 0 Å². The van der Waals surface area contributed by atoms with E-state index in [2.05, 4.69) is 136 Å². The monoisotopic (exact) mass is 512 g/mol. The first-order valence-electron chi connectivity index (χ1n) is 13.6. The van der Waals surface area contributed by atoms with Crippen LogP contribution in [0.3, 0.4) is 0 Å². The maximum Gasteiger partial charge on any atom is 0.252 e. The van der Waals surface area contributed by atoms with E-state index >= 15 is 0 Å². The fourth-order valence-electron chi connectivity index (χ4n) is 6.41. The lowest BCUT2D eigenvalue weighted by molar-refractivity contribution is 1.20. The van der Waals surface area contributed by atoms with Gasteiger partial charge in [-0.25, -0.2) is 0 Å². The summed E-state index contributed by atoms with van der Waals surface area (Å²) in [6.45, 7) is 2.28. The lowest BCUT2D eigenvalue weighted by atomic mass is 9.33. The summed E-state index contributed by atoms with van der Waals surface area (Å²) in [6.07, 6.45) is 5.31. The van der Waals surface area contributed by atoms with Gasteiger partial charge in [-0.2, -0.15) is 0 Å². The second kappa shape index (κ2) is 8.96. The first-order valence-corrected chi connectivity index (χ1v) is 13.6. The summed E-state index contributed by atoms with van der Waals surface area (Å²) in [5.41, 5.74) is 15.2. The molecular weight excluding hydrogens is 487 g/mol. The van der Waals surface area contributed by atoms with Crippen molar-refractivity contribution in [2.24, 2.45) is 0 Å². The zero-order valence-electron chi connectivity index (χ0n) is 22.0. The molecule has 6 aromatic rings. The second-order valence-electron chi connectivity index (χ2n) is 10.4. The molecule has 1 N–H and O–H groups in total. The summed E-state index contributed by atoms with van der Waals surface area (Å²) < 4.78 is 0. The van der Waals surface area contributed by atoms with Crippen LogP contribution in [0.15, 0.2) is 128 Å². The van der Waals surface area contributed by atoms with Crippen molar-refractivity contribution in [2.45, 2.75) is 6.92 Å². The van der Waals surface area contributed by atoms with Crippen molar-refractivity contribution < 1.29 is 0 Å². The zero-order chi connectivity index (χ0) is 26.6. The van der Waals surface area contributed by atoms with Gasteiger partial charge in [0, 0.05) is 52.0 Å². The molecule has 0 unspecified atom stereocenters. The van der Waals surface area contributed by atoms with E-state index in [9.17, 15) is 0 Å². The van der Waals surface area contributed by atoms with E-state index in [-0.39, 0.29) is 6.71 Å². The Morgan fingerprint density at radius 3 is 2.33 bits per heavy atom. The van der Waals surface area contributed by atoms with Crippen molar-refractivity contribution in [2.75, 3.05) is 10.2 Å². The largest absolute Gasteiger partial charge is 0.356 e. The Morgan fingerprint density at radius 2 is 1.48 bits per heavy atom. The standard InChI is InChI=1S/C35H25BN4/c1-23-10-5-6-13-26(23)27-14-9-16-29-35(27)39-30-20-24(31-22-37-18-19-38-31)21-33-34(30)36(29)28-15-7-8-17-32(28)40(33)25-11-3-2-4-12-25/h2-22,39H,1H3. The van der Waals surface area contributed by atoms with Gasteiger partial charge in [0.1, 0.15) is 0 Å². The molecule has 0 saturated heterocycles. The van der Waals surface area contributed by atoms with Crippen molar-refractivity contribution >= 4 is 51.5 Å². The third-order valence-corrected chi connectivity index (χ3v) is 8.15. The Bertz CT molecular complexity index is 1900. The molecule has 0 fully saturated rings. The topological polar surface area (TPSA) is 41.1 Å². The molecule has 0 saturated carbocycles. The molecule has 188 valence electrons. The van der Waals surface area contributed by atoms with Crippen LogP contribution in [-0.2, 0) is 0 Å². The van der Waals surface area contributed by atoms with Gasteiger partial charge in [-0.05, 0) is 64.8 Å². The van der Waals surface area contributed by atoms with E-state index in [0.29, 0.717) is 0 Å². The normalized spacial score (nSPS) is 12.7. The van der Waals surface area contributed by atoms with E-state index in [1.165, 1.54) is 44.5 Å². The van der Waals surface area contributed by atoms with Crippen LogP contribution in [0.1, 0.15) is 5.56 Å². The van der Waals surface area contributed by atoms with Crippen LogP contribution in [0.25, 0.3) is 22.4 Å². The lowest BCUT2D eigenvalue weighted by Crippen LogP contribution is -2.60. The molecule has 1 aromatic heterocycles. The molecule has 0 bridgehead atoms. The van der Waals surface area contributed by atoms with E-state index < -0.39 is 0 Å². The van der Waals surface area contributed by atoms with Gasteiger partial charge in [0.05, 0.1) is 11.9 Å². The molecule has 2 aliphatic rings. The Morgan fingerprint density at radius 1 is 0.700 bits per heavy atom. The van der Waals surface area contributed by atoms with E-state index in [4.69, 9.17) is 0 Å². The van der Waals surface area contributed by atoms with Gasteiger partial charge in [0.2, 0.25) is 0 Å². The van der Waals surface area contributed by atoms with Gasteiger partial charge in [-0.3, -0.25) is 9.97 Å². The molecule has 3 heterocycles. The highest BCUT2D eigenvalue weighted by Gasteiger charge is 2.41. The molecule has 0 aliphatic carbocycles. The first kappa shape index (κ1) is 22.8. The van der Waals surface area contributed by atoms with Crippen molar-refractivity contribution in [1.29, 1.82) is 0 Å². The summed E-state index contributed by atoms with van der Waals surface area (Å²) in [4.78, 5) is 11.4. The third-order valence-electron chi connectivity index (χ3n) is 8.15. The van der Waals surface area contributed by atoms with Crippen LogP contribution in [0, 0.1) is 6.92 Å². The SMILES string of the molecule is Cc1ccccc1-c1cccc2c1Nc1cc(-c3cnccn3)cc3c1B2c1ccccc1N3c1ccccc1. The van der Waals surface area contributed by atoms with Gasteiger partial charge >= 0.3 is 0 Å². The number of anilines is 5. The number of hydrogen-bond acceptors (Lipinski definition) is 4. The summed E-state index contributed by atoms with van der Waals surface area (Å²) in [5, 5.41) is 3.91. The summed E-state index contributed by atoms with van der Waals surface area (Å²) in [6, 6.07) is 39.3. The molecule has 0 radical (unpaired) electrons. The van der Waals surface area contributed by atoms with Crippen LogP contribution in [0.2, 0.25) is 0 Å². The van der Waals surface area contributed by atoms with Crippen molar-refractivity contribution in [3.05, 3.63) is 133 Å². The lowest BCUT2D eigenvalue weighted by Gasteiger charge is -2.41. The highest BCUT2D eigenvalue weighted by Crippen LogP contribution is 2.43. The molecular formula is C35H25BN4. The number of hydrogen-bond donors (Lipinski definition) is 1. The van der Waals surface area contributed by atoms with Gasteiger partial charge in [-0.1, -0.05) is 78.9 Å². The summed E-state index contributed by atoms with van der Waals surface area (Å²) >= 11 is 0. The van der Waals surface area contributed by atoms with Gasteiger partial charge < -0.3 is 10.2 Å².